The zero-order valence-corrected chi connectivity index (χ0v) is 10.9. The fourth-order valence-electron chi connectivity index (χ4n) is 1.28. The van der Waals surface area contributed by atoms with Crippen LogP contribution < -0.4 is 5.32 Å². The van der Waals surface area contributed by atoms with E-state index in [1.54, 1.807) is 6.07 Å². The van der Waals surface area contributed by atoms with Crippen molar-refractivity contribution in [3.8, 4) is 0 Å². The highest BCUT2D eigenvalue weighted by molar-refractivity contribution is 9.10. The Kier molecular flexibility index (Phi) is 3.50. The van der Waals surface area contributed by atoms with Gasteiger partial charge in [-0.3, -0.25) is 0 Å². The Morgan fingerprint density at radius 2 is 2.31 bits per heavy atom. The Balaban J connectivity index is 2.12. The fourth-order valence-corrected chi connectivity index (χ4v) is 2.08. The summed E-state index contributed by atoms with van der Waals surface area (Å²) < 4.78 is 17.4. The number of halogens is 2. The van der Waals surface area contributed by atoms with E-state index in [-0.39, 0.29) is 5.82 Å². The van der Waals surface area contributed by atoms with Gasteiger partial charge < -0.3 is 5.32 Å². The first-order valence-electron chi connectivity index (χ1n) is 4.62. The van der Waals surface area contributed by atoms with Crippen LogP contribution in [0.15, 0.2) is 22.0 Å². The molecule has 16 heavy (non-hydrogen) atoms. The van der Waals surface area contributed by atoms with Gasteiger partial charge in [0.25, 0.3) is 0 Å². The largest absolute Gasteiger partial charge is 0.379 e. The molecule has 0 unspecified atom stereocenters. The van der Waals surface area contributed by atoms with Crippen molar-refractivity contribution in [2.75, 3.05) is 5.32 Å². The van der Waals surface area contributed by atoms with Crippen molar-refractivity contribution >= 4 is 33.1 Å². The average molecular weight is 302 g/mol. The highest BCUT2D eigenvalue weighted by Gasteiger charge is 2.05. The summed E-state index contributed by atoms with van der Waals surface area (Å²) in [7, 11) is 0. The number of hydrogen-bond acceptors (Lipinski definition) is 4. The monoisotopic (exact) mass is 301 g/mol. The summed E-state index contributed by atoms with van der Waals surface area (Å²) in [5.74, 6) is -0.252. The smallest absolute Gasteiger partial charge is 0.137 e. The van der Waals surface area contributed by atoms with Crippen LogP contribution >= 0.6 is 27.5 Å². The molecule has 84 valence electrons. The molecule has 1 N–H and O–H groups in total. The molecule has 3 nitrogen and oxygen atoms in total. The Morgan fingerprint density at radius 3 is 3.00 bits per heavy atom. The number of hydrogen-bond donors (Lipinski definition) is 1. The Labute approximate surface area is 105 Å². The Bertz CT molecular complexity index is 487. The van der Waals surface area contributed by atoms with Crippen LogP contribution in [0.3, 0.4) is 0 Å². The second kappa shape index (κ2) is 4.88. The predicted molar refractivity (Wildman–Crippen MR) is 66.1 cm³/mol. The molecule has 2 rings (SSSR count). The maximum Gasteiger partial charge on any atom is 0.137 e. The van der Waals surface area contributed by atoms with Gasteiger partial charge in [0.2, 0.25) is 0 Å². The lowest BCUT2D eigenvalue weighted by molar-refractivity contribution is 0.620. The molecule has 0 fully saturated rings. The van der Waals surface area contributed by atoms with Crippen LogP contribution in [0.4, 0.5) is 10.1 Å². The van der Waals surface area contributed by atoms with Crippen LogP contribution in [0.25, 0.3) is 0 Å². The molecular formula is C10H9BrFN3S. The third kappa shape index (κ3) is 2.56. The third-order valence-corrected chi connectivity index (χ3v) is 3.29. The normalized spacial score (nSPS) is 10.4. The molecule has 0 aliphatic carbocycles. The second-order valence-electron chi connectivity index (χ2n) is 3.33. The van der Waals surface area contributed by atoms with E-state index in [4.69, 9.17) is 0 Å². The number of benzene rings is 1. The number of aryl methyl sites for hydroxylation is 1. The molecule has 0 amide bonds. The predicted octanol–water partition coefficient (Wildman–Crippen LogP) is 3.36. The van der Waals surface area contributed by atoms with Crippen LogP contribution in [0.2, 0.25) is 0 Å². The van der Waals surface area contributed by atoms with E-state index in [0.717, 1.165) is 16.9 Å². The number of nitrogens with one attached hydrogen (secondary N) is 1. The van der Waals surface area contributed by atoms with Crippen molar-refractivity contribution in [1.29, 1.82) is 0 Å². The topological polar surface area (TPSA) is 37.8 Å². The van der Waals surface area contributed by atoms with E-state index in [0.29, 0.717) is 11.0 Å². The summed E-state index contributed by atoms with van der Waals surface area (Å²) in [6.07, 6.45) is 0. The number of nitrogens with zero attached hydrogens (tertiary/aromatic N) is 2. The first-order chi connectivity index (χ1) is 7.66. The lowest BCUT2D eigenvalue weighted by atomic mass is 10.2. The second-order valence-corrected chi connectivity index (χ2v) is 4.80. The van der Waals surface area contributed by atoms with E-state index in [9.17, 15) is 4.39 Å². The van der Waals surface area contributed by atoms with Gasteiger partial charge in [0.1, 0.15) is 5.82 Å². The molecule has 0 radical (unpaired) electrons. The molecule has 2 aromatic rings. The lowest BCUT2D eigenvalue weighted by Gasteiger charge is -2.09. The highest BCUT2D eigenvalue weighted by atomic mass is 79.9. The summed E-state index contributed by atoms with van der Waals surface area (Å²) in [6, 6.07) is 3.22. The van der Waals surface area contributed by atoms with Crippen LogP contribution in [-0.4, -0.2) is 9.59 Å². The van der Waals surface area contributed by atoms with Crippen LogP contribution in [0.1, 0.15) is 11.3 Å². The van der Waals surface area contributed by atoms with Gasteiger partial charge in [-0.15, -0.1) is 5.10 Å². The first-order valence-corrected chi connectivity index (χ1v) is 6.25. The molecule has 0 aliphatic rings. The molecule has 0 spiro atoms. The summed E-state index contributed by atoms with van der Waals surface area (Å²) in [5.41, 5.74) is 2.63. The van der Waals surface area contributed by atoms with Gasteiger partial charge in [-0.2, -0.15) is 0 Å². The van der Waals surface area contributed by atoms with E-state index >= 15 is 0 Å². The van der Waals surface area contributed by atoms with Crippen LogP contribution in [0, 0.1) is 12.7 Å². The third-order valence-electron chi connectivity index (χ3n) is 2.13. The number of rotatable bonds is 3. The first kappa shape index (κ1) is 11.5. The van der Waals surface area contributed by atoms with Gasteiger partial charge >= 0.3 is 0 Å². The molecule has 1 aromatic carbocycles. The van der Waals surface area contributed by atoms with Gasteiger partial charge in [-0.05, 0) is 52.1 Å². The minimum Gasteiger partial charge on any atom is -0.379 e. The Morgan fingerprint density at radius 1 is 1.50 bits per heavy atom. The standard InChI is InChI=1S/C10H9BrFN3S/c1-6-2-9(12)8(11)3-10(6)13-4-7-5-16-15-14-7/h2-3,5,13H,4H2,1H3. The van der Waals surface area contributed by atoms with Gasteiger partial charge in [-0.1, -0.05) is 4.49 Å². The minimum absolute atomic E-state index is 0.252. The average Bonchev–Trinajstić information content (AvgIpc) is 2.74. The zero-order chi connectivity index (χ0) is 11.5. The summed E-state index contributed by atoms with van der Waals surface area (Å²) in [6.45, 7) is 2.45. The maximum absolute atomic E-state index is 13.2. The van der Waals surface area contributed by atoms with Crippen molar-refractivity contribution in [1.82, 2.24) is 9.59 Å². The summed E-state index contributed by atoms with van der Waals surface area (Å²) in [5, 5.41) is 8.99. The molecular weight excluding hydrogens is 293 g/mol. The zero-order valence-electron chi connectivity index (χ0n) is 8.50. The molecule has 0 aliphatic heterocycles. The van der Waals surface area contributed by atoms with Crippen molar-refractivity contribution in [2.24, 2.45) is 0 Å². The highest BCUT2D eigenvalue weighted by Crippen LogP contribution is 2.24. The minimum atomic E-state index is -0.252. The van der Waals surface area contributed by atoms with E-state index in [1.165, 1.54) is 17.6 Å². The quantitative estimate of drug-likeness (QED) is 0.944. The maximum atomic E-state index is 13.2. The van der Waals surface area contributed by atoms with Crippen molar-refractivity contribution < 1.29 is 4.39 Å². The van der Waals surface area contributed by atoms with Gasteiger partial charge in [0.15, 0.2) is 0 Å². The van der Waals surface area contributed by atoms with Crippen molar-refractivity contribution in [3.63, 3.8) is 0 Å². The summed E-state index contributed by atoms with van der Waals surface area (Å²) in [4.78, 5) is 0. The van der Waals surface area contributed by atoms with Crippen molar-refractivity contribution in [3.05, 3.63) is 39.1 Å². The van der Waals surface area contributed by atoms with Gasteiger partial charge in [-0.25, -0.2) is 4.39 Å². The van der Waals surface area contributed by atoms with E-state index in [1.807, 2.05) is 12.3 Å². The molecule has 0 saturated carbocycles. The van der Waals surface area contributed by atoms with Crippen LogP contribution in [-0.2, 0) is 6.54 Å². The molecule has 1 aromatic heterocycles. The molecule has 0 atom stereocenters. The lowest BCUT2D eigenvalue weighted by Crippen LogP contribution is -2.02. The molecule has 6 heteroatoms. The number of aromatic nitrogens is 2. The SMILES string of the molecule is Cc1cc(F)c(Br)cc1NCc1csnn1. The van der Waals surface area contributed by atoms with Crippen molar-refractivity contribution in [2.45, 2.75) is 13.5 Å². The number of anilines is 1. The van der Waals surface area contributed by atoms with Crippen LogP contribution in [0.5, 0.6) is 0 Å². The molecule has 1 heterocycles. The van der Waals surface area contributed by atoms with E-state index < -0.39 is 0 Å². The fraction of sp³-hybridized carbons (Fsp3) is 0.200. The summed E-state index contributed by atoms with van der Waals surface area (Å²) >= 11 is 4.47. The molecule has 0 saturated heterocycles. The van der Waals surface area contributed by atoms with E-state index in [2.05, 4.69) is 30.8 Å². The molecule has 0 bridgehead atoms. The van der Waals surface area contributed by atoms with Gasteiger partial charge in [0.05, 0.1) is 16.7 Å². The van der Waals surface area contributed by atoms with Gasteiger partial charge in [0, 0.05) is 11.1 Å². The Hall–Kier alpha value is -1.01.